The number of para-hydroxylation sites is 3. The number of ether oxygens (including phenoxy) is 1. The van der Waals surface area contributed by atoms with Crippen LogP contribution in [0.1, 0.15) is 5.56 Å². The summed E-state index contributed by atoms with van der Waals surface area (Å²) in [4.78, 5) is 39.4. The summed E-state index contributed by atoms with van der Waals surface area (Å²) in [6, 6.07) is 23.3. The van der Waals surface area contributed by atoms with Gasteiger partial charge in [0.05, 0.1) is 30.2 Å². The number of aromatic nitrogens is 4. The highest BCUT2D eigenvalue weighted by molar-refractivity contribution is 5.92. The van der Waals surface area contributed by atoms with Gasteiger partial charge in [0.1, 0.15) is 12.3 Å². The number of nitrogens with zero attached hydrogens (tertiary/aromatic N) is 4. The van der Waals surface area contributed by atoms with Crippen molar-refractivity contribution in [1.29, 1.82) is 0 Å². The Morgan fingerprint density at radius 2 is 1.65 bits per heavy atom. The molecule has 5 aromatic rings. The maximum absolute atomic E-state index is 13.3. The molecule has 0 spiro atoms. The molecule has 5 rings (SSSR count). The van der Waals surface area contributed by atoms with Crippen molar-refractivity contribution in [3.8, 4) is 5.75 Å². The van der Waals surface area contributed by atoms with E-state index in [1.54, 1.807) is 48.5 Å². The fourth-order valence-corrected chi connectivity index (χ4v) is 3.95. The maximum Gasteiger partial charge on any atom is 0.352 e. The first kappa shape index (κ1) is 21.2. The molecule has 2 heterocycles. The lowest BCUT2D eigenvalue weighted by atomic mass is 10.2. The average molecular weight is 455 g/mol. The van der Waals surface area contributed by atoms with Gasteiger partial charge in [-0.1, -0.05) is 54.6 Å². The molecule has 0 aliphatic heterocycles. The van der Waals surface area contributed by atoms with Crippen LogP contribution >= 0.6 is 0 Å². The van der Waals surface area contributed by atoms with Crippen LogP contribution < -0.4 is 21.3 Å². The predicted octanol–water partition coefficient (Wildman–Crippen LogP) is 2.51. The van der Waals surface area contributed by atoms with Crippen LogP contribution in [-0.2, 0) is 17.9 Å². The minimum atomic E-state index is -0.511. The first-order valence-electron chi connectivity index (χ1n) is 10.6. The smallest absolute Gasteiger partial charge is 0.352 e. The third kappa shape index (κ3) is 3.73. The molecule has 0 atom stereocenters. The van der Waals surface area contributed by atoms with E-state index in [2.05, 4.69) is 10.4 Å². The molecule has 0 fully saturated rings. The lowest BCUT2D eigenvalue weighted by molar-refractivity contribution is -0.117. The van der Waals surface area contributed by atoms with Gasteiger partial charge in [-0.2, -0.15) is 0 Å². The number of anilines is 1. The molecule has 9 nitrogen and oxygen atoms in total. The van der Waals surface area contributed by atoms with Crippen molar-refractivity contribution in [3.63, 3.8) is 0 Å². The first-order chi connectivity index (χ1) is 16.6. The van der Waals surface area contributed by atoms with Crippen LogP contribution in [0.4, 0.5) is 5.69 Å². The van der Waals surface area contributed by atoms with Gasteiger partial charge in [0.25, 0.3) is 5.56 Å². The number of amides is 1. The van der Waals surface area contributed by atoms with Crippen molar-refractivity contribution in [2.45, 2.75) is 13.1 Å². The Labute approximate surface area is 193 Å². The molecule has 1 N–H and O–H groups in total. The topological polar surface area (TPSA) is 99.6 Å². The van der Waals surface area contributed by atoms with E-state index in [0.29, 0.717) is 22.3 Å². The summed E-state index contributed by atoms with van der Waals surface area (Å²) in [7, 11) is 1.51. The number of benzene rings is 3. The normalized spacial score (nSPS) is 11.1. The van der Waals surface area contributed by atoms with Crippen LogP contribution in [0, 0.1) is 0 Å². The first-order valence-corrected chi connectivity index (χ1v) is 10.6. The van der Waals surface area contributed by atoms with E-state index in [-0.39, 0.29) is 24.4 Å². The highest BCUT2D eigenvalue weighted by Gasteiger charge is 2.19. The van der Waals surface area contributed by atoms with Crippen molar-refractivity contribution in [2.75, 3.05) is 12.4 Å². The standard InChI is InChI=1S/C25H21N5O4/c1-34-21-14-8-6-12-19(21)26-22(31)16-29-25(33)30-20-13-7-5-11-18(20)23(32)28(24(30)27-29)15-17-9-3-2-4-10-17/h2-14H,15-16H2,1H3,(H,26,31). The summed E-state index contributed by atoms with van der Waals surface area (Å²) in [5, 5.41) is 7.52. The van der Waals surface area contributed by atoms with Gasteiger partial charge in [-0.05, 0) is 29.8 Å². The number of carbonyl (C=O) groups is 1. The second-order valence-electron chi connectivity index (χ2n) is 7.72. The summed E-state index contributed by atoms with van der Waals surface area (Å²) in [5.41, 5.74) is 1.04. The second-order valence-corrected chi connectivity index (χ2v) is 7.72. The Morgan fingerprint density at radius 1 is 0.941 bits per heavy atom. The summed E-state index contributed by atoms with van der Waals surface area (Å²) in [5.74, 6) is 0.222. The highest BCUT2D eigenvalue weighted by Crippen LogP contribution is 2.22. The molecule has 0 aliphatic carbocycles. The number of hydrogen-bond donors (Lipinski definition) is 1. The van der Waals surface area contributed by atoms with Crippen LogP contribution in [0.25, 0.3) is 16.7 Å². The van der Waals surface area contributed by atoms with E-state index in [1.165, 1.54) is 16.1 Å². The Balaban J connectivity index is 1.60. The van der Waals surface area contributed by atoms with Gasteiger partial charge in [-0.15, -0.1) is 5.10 Å². The Kier molecular flexibility index (Phi) is 5.43. The summed E-state index contributed by atoms with van der Waals surface area (Å²) >= 11 is 0. The van der Waals surface area contributed by atoms with Gasteiger partial charge < -0.3 is 10.1 Å². The van der Waals surface area contributed by atoms with Crippen molar-refractivity contribution in [1.82, 2.24) is 18.7 Å². The number of methoxy groups -OCH3 is 1. The fraction of sp³-hybridized carbons (Fsp3) is 0.120. The van der Waals surface area contributed by atoms with Crippen LogP contribution in [0.5, 0.6) is 5.75 Å². The fourth-order valence-electron chi connectivity index (χ4n) is 3.95. The van der Waals surface area contributed by atoms with Crippen molar-refractivity contribution in [2.24, 2.45) is 0 Å². The summed E-state index contributed by atoms with van der Waals surface area (Å²) in [6.07, 6.45) is 0. The molecule has 3 aromatic carbocycles. The molecule has 0 bridgehead atoms. The number of fused-ring (bicyclic) bond motifs is 3. The largest absolute Gasteiger partial charge is 0.495 e. The molecule has 9 heteroatoms. The van der Waals surface area contributed by atoms with E-state index < -0.39 is 11.6 Å². The van der Waals surface area contributed by atoms with E-state index >= 15 is 0 Å². The van der Waals surface area contributed by atoms with Gasteiger partial charge in [-0.3, -0.25) is 14.2 Å². The van der Waals surface area contributed by atoms with Gasteiger partial charge in [0.2, 0.25) is 11.7 Å². The Bertz CT molecular complexity index is 1630. The van der Waals surface area contributed by atoms with Crippen molar-refractivity contribution in [3.05, 3.63) is 105 Å². The molecule has 34 heavy (non-hydrogen) atoms. The zero-order valence-electron chi connectivity index (χ0n) is 18.3. The number of nitrogens with one attached hydrogen (secondary N) is 1. The third-order valence-electron chi connectivity index (χ3n) is 5.54. The molecular weight excluding hydrogens is 434 g/mol. The van der Waals surface area contributed by atoms with Gasteiger partial charge in [0.15, 0.2) is 0 Å². The minimum Gasteiger partial charge on any atom is -0.495 e. The van der Waals surface area contributed by atoms with Crippen molar-refractivity contribution < 1.29 is 9.53 Å². The third-order valence-corrected chi connectivity index (χ3v) is 5.54. The molecule has 1 amide bonds. The summed E-state index contributed by atoms with van der Waals surface area (Å²) < 4.78 is 9.15. The average Bonchev–Trinajstić information content (AvgIpc) is 3.18. The number of rotatable bonds is 6. The molecule has 0 saturated carbocycles. The molecule has 170 valence electrons. The molecule has 0 radical (unpaired) electrons. The van der Waals surface area contributed by atoms with E-state index in [1.807, 2.05) is 30.3 Å². The quantitative estimate of drug-likeness (QED) is 0.424. The zero-order chi connectivity index (χ0) is 23.7. The van der Waals surface area contributed by atoms with Crippen LogP contribution in [0.2, 0.25) is 0 Å². The minimum absolute atomic E-state index is 0.169. The lowest BCUT2D eigenvalue weighted by Gasteiger charge is -2.09. The van der Waals surface area contributed by atoms with Crippen LogP contribution in [-0.4, -0.2) is 31.8 Å². The van der Waals surface area contributed by atoms with Crippen molar-refractivity contribution >= 4 is 28.3 Å². The van der Waals surface area contributed by atoms with E-state index in [4.69, 9.17) is 4.74 Å². The van der Waals surface area contributed by atoms with Crippen LogP contribution in [0.3, 0.4) is 0 Å². The van der Waals surface area contributed by atoms with Gasteiger partial charge >= 0.3 is 5.69 Å². The van der Waals surface area contributed by atoms with E-state index in [0.717, 1.165) is 10.2 Å². The predicted molar refractivity (Wildman–Crippen MR) is 128 cm³/mol. The molecule has 0 aliphatic rings. The highest BCUT2D eigenvalue weighted by atomic mass is 16.5. The molecular formula is C25H21N5O4. The summed E-state index contributed by atoms with van der Waals surface area (Å²) in [6.45, 7) is -0.0930. The Morgan fingerprint density at radius 3 is 2.44 bits per heavy atom. The number of hydrogen-bond acceptors (Lipinski definition) is 5. The SMILES string of the molecule is COc1ccccc1NC(=O)Cn1nc2n(Cc3ccccc3)c(=O)c3ccccc3n2c1=O. The molecule has 0 unspecified atom stereocenters. The van der Waals surface area contributed by atoms with E-state index in [9.17, 15) is 14.4 Å². The van der Waals surface area contributed by atoms with Gasteiger partial charge in [0, 0.05) is 0 Å². The van der Waals surface area contributed by atoms with Crippen LogP contribution in [0.15, 0.2) is 88.5 Å². The van der Waals surface area contributed by atoms with Gasteiger partial charge in [-0.25, -0.2) is 13.9 Å². The Hall–Kier alpha value is -4.66. The number of carbonyl (C=O) groups excluding carboxylic acids is 1. The molecule has 0 saturated heterocycles. The maximum atomic E-state index is 13.3. The zero-order valence-corrected chi connectivity index (χ0v) is 18.3. The second kappa shape index (κ2) is 8.70. The monoisotopic (exact) mass is 455 g/mol. The lowest BCUT2D eigenvalue weighted by Crippen LogP contribution is -2.29. The molecule has 2 aromatic heterocycles.